The van der Waals surface area contributed by atoms with E-state index in [0.717, 1.165) is 25.1 Å². The third-order valence-electron chi connectivity index (χ3n) is 4.13. The van der Waals surface area contributed by atoms with Crippen LogP contribution in [0.4, 0.5) is 4.79 Å². The van der Waals surface area contributed by atoms with Gasteiger partial charge >= 0.3 is 6.03 Å². The molecule has 0 radical (unpaired) electrons. The summed E-state index contributed by atoms with van der Waals surface area (Å²) in [6, 6.07) is 9.58. The number of carbonyl (C=O) groups is 2. The Morgan fingerprint density at radius 2 is 2.04 bits per heavy atom. The normalized spacial score (nSPS) is 15.9. The summed E-state index contributed by atoms with van der Waals surface area (Å²) in [6.07, 6.45) is 3.89. The zero-order chi connectivity index (χ0) is 17.5. The molecule has 0 saturated carbocycles. The lowest BCUT2D eigenvalue weighted by molar-refractivity contribution is -0.120. The van der Waals surface area contributed by atoms with Gasteiger partial charge in [-0.1, -0.05) is 30.3 Å². The van der Waals surface area contributed by atoms with E-state index in [0.29, 0.717) is 13.1 Å². The zero-order valence-electron chi connectivity index (χ0n) is 13.9. The Morgan fingerprint density at radius 3 is 2.88 bits per heavy atom. The van der Waals surface area contributed by atoms with Gasteiger partial charge in [-0.2, -0.15) is 5.10 Å². The molecule has 3 amide bonds. The lowest BCUT2D eigenvalue weighted by Gasteiger charge is -2.23. The van der Waals surface area contributed by atoms with Crippen LogP contribution in [0.1, 0.15) is 17.8 Å². The molecule has 8 nitrogen and oxygen atoms in total. The summed E-state index contributed by atoms with van der Waals surface area (Å²) in [5, 5.41) is 12.4. The molecule has 132 valence electrons. The van der Waals surface area contributed by atoms with Crippen LogP contribution in [0.25, 0.3) is 0 Å². The largest absolute Gasteiger partial charge is 0.354 e. The summed E-state index contributed by atoms with van der Waals surface area (Å²) in [5.41, 5.74) is 1.17. The molecule has 3 rings (SSSR count). The highest BCUT2D eigenvalue weighted by Gasteiger charge is 2.21. The summed E-state index contributed by atoms with van der Waals surface area (Å²) in [4.78, 5) is 27.8. The minimum absolute atomic E-state index is 0.00431. The van der Waals surface area contributed by atoms with Crippen LogP contribution >= 0.6 is 0 Å². The van der Waals surface area contributed by atoms with Gasteiger partial charge in [0.05, 0.1) is 19.1 Å². The Labute approximate surface area is 146 Å². The molecule has 1 aromatic carbocycles. The molecule has 0 unspecified atom stereocenters. The predicted molar refractivity (Wildman–Crippen MR) is 91.8 cm³/mol. The van der Waals surface area contributed by atoms with Crippen molar-refractivity contribution in [3.63, 3.8) is 0 Å². The van der Waals surface area contributed by atoms with Crippen molar-refractivity contribution in [1.82, 2.24) is 30.7 Å². The minimum Gasteiger partial charge on any atom is -0.354 e. The fourth-order valence-corrected chi connectivity index (χ4v) is 2.81. The van der Waals surface area contributed by atoms with Crippen LogP contribution < -0.4 is 16.0 Å². The number of benzene rings is 1. The summed E-state index contributed by atoms with van der Waals surface area (Å²) >= 11 is 0. The van der Waals surface area contributed by atoms with Crippen molar-refractivity contribution in [3.05, 3.63) is 48.0 Å². The number of carbonyl (C=O) groups excluding carboxylic acids is 2. The van der Waals surface area contributed by atoms with Crippen molar-refractivity contribution in [1.29, 1.82) is 0 Å². The first-order chi connectivity index (χ1) is 12.2. The first kappa shape index (κ1) is 16.9. The van der Waals surface area contributed by atoms with Gasteiger partial charge in [-0.25, -0.2) is 14.5 Å². The fraction of sp³-hybridized carbons (Fsp3) is 0.412. The van der Waals surface area contributed by atoms with E-state index >= 15 is 0 Å². The van der Waals surface area contributed by atoms with Gasteiger partial charge < -0.3 is 16.0 Å². The summed E-state index contributed by atoms with van der Waals surface area (Å²) in [7, 11) is 0. The number of nitrogens with one attached hydrogen (secondary N) is 3. The van der Waals surface area contributed by atoms with E-state index in [9.17, 15) is 9.59 Å². The van der Waals surface area contributed by atoms with Gasteiger partial charge in [0.25, 0.3) is 0 Å². The zero-order valence-corrected chi connectivity index (χ0v) is 13.9. The van der Waals surface area contributed by atoms with Gasteiger partial charge in [0, 0.05) is 13.0 Å². The number of aryl methyl sites for hydroxylation is 1. The first-order valence-corrected chi connectivity index (χ1v) is 8.42. The van der Waals surface area contributed by atoms with E-state index in [2.05, 4.69) is 26.0 Å². The molecule has 0 saturated heterocycles. The van der Waals surface area contributed by atoms with Crippen LogP contribution in [-0.2, 0) is 24.2 Å². The minimum atomic E-state index is -0.341. The fourth-order valence-electron chi connectivity index (χ4n) is 2.81. The van der Waals surface area contributed by atoms with Gasteiger partial charge in [0.1, 0.15) is 12.2 Å². The van der Waals surface area contributed by atoms with Crippen LogP contribution in [-0.4, -0.2) is 45.8 Å². The molecular weight excluding hydrogens is 320 g/mol. The maximum absolute atomic E-state index is 11.9. The Morgan fingerprint density at radius 1 is 1.20 bits per heavy atom. The Bertz CT molecular complexity index is 715. The Balaban J connectivity index is 1.31. The second-order valence-corrected chi connectivity index (χ2v) is 6.01. The predicted octanol–water partition coefficient (Wildman–Crippen LogP) is 0.251. The molecule has 0 fully saturated rings. The number of hydrogen-bond donors (Lipinski definition) is 3. The van der Waals surface area contributed by atoms with Gasteiger partial charge in [-0.3, -0.25) is 4.79 Å². The SMILES string of the molecule is O=C(CNC(=O)N[C@@H]1CCc2ncnn2C1)NCCc1ccccc1. The third kappa shape index (κ3) is 5.03. The highest BCUT2D eigenvalue weighted by molar-refractivity contribution is 5.83. The van der Waals surface area contributed by atoms with Crippen molar-refractivity contribution in [3.8, 4) is 0 Å². The van der Waals surface area contributed by atoms with Crippen LogP contribution in [0, 0.1) is 0 Å². The first-order valence-electron chi connectivity index (χ1n) is 8.42. The number of nitrogens with zero attached hydrogens (tertiary/aromatic N) is 3. The van der Waals surface area contributed by atoms with E-state index in [1.165, 1.54) is 11.9 Å². The second-order valence-electron chi connectivity index (χ2n) is 6.01. The summed E-state index contributed by atoms with van der Waals surface area (Å²) < 4.78 is 1.80. The number of rotatable bonds is 6. The topological polar surface area (TPSA) is 101 Å². The lowest BCUT2D eigenvalue weighted by atomic mass is 10.1. The van der Waals surface area contributed by atoms with Crippen molar-refractivity contribution in [2.45, 2.75) is 31.8 Å². The summed E-state index contributed by atoms with van der Waals surface area (Å²) in [6.45, 7) is 1.11. The standard InChI is InChI=1S/C17H22N6O2/c24-16(18-9-8-13-4-2-1-3-5-13)10-19-17(25)22-14-6-7-15-20-12-21-23(15)11-14/h1-5,12,14H,6-11H2,(H,18,24)(H2,19,22,25)/t14-/m1/s1. The van der Waals surface area contributed by atoms with Crippen molar-refractivity contribution in [2.75, 3.05) is 13.1 Å². The second kappa shape index (κ2) is 8.27. The van der Waals surface area contributed by atoms with Crippen LogP contribution in [0.15, 0.2) is 36.7 Å². The molecule has 0 spiro atoms. The van der Waals surface area contributed by atoms with Gasteiger partial charge in [0.2, 0.25) is 5.91 Å². The van der Waals surface area contributed by atoms with Crippen molar-refractivity contribution < 1.29 is 9.59 Å². The van der Waals surface area contributed by atoms with E-state index in [1.54, 1.807) is 4.68 Å². The molecule has 1 aliphatic heterocycles. The maximum Gasteiger partial charge on any atom is 0.315 e. The molecule has 1 aromatic heterocycles. The average Bonchev–Trinajstić information content (AvgIpc) is 3.09. The lowest BCUT2D eigenvalue weighted by Crippen LogP contribution is -2.48. The smallest absolute Gasteiger partial charge is 0.315 e. The van der Waals surface area contributed by atoms with Crippen LogP contribution in [0.5, 0.6) is 0 Å². The van der Waals surface area contributed by atoms with Gasteiger partial charge in [-0.05, 0) is 18.4 Å². The van der Waals surface area contributed by atoms with Crippen LogP contribution in [0.2, 0.25) is 0 Å². The highest BCUT2D eigenvalue weighted by atomic mass is 16.2. The molecule has 0 bridgehead atoms. The molecule has 8 heteroatoms. The summed E-state index contributed by atoms with van der Waals surface area (Å²) in [5.74, 6) is 0.740. The molecule has 2 aromatic rings. The Kier molecular flexibility index (Phi) is 5.61. The van der Waals surface area contributed by atoms with E-state index < -0.39 is 0 Å². The number of fused-ring (bicyclic) bond motifs is 1. The molecule has 0 aliphatic carbocycles. The van der Waals surface area contributed by atoms with Crippen molar-refractivity contribution >= 4 is 11.9 Å². The quantitative estimate of drug-likeness (QED) is 0.700. The van der Waals surface area contributed by atoms with Crippen LogP contribution in [0.3, 0.4) is 0 Å². The average molecular weight is 342 g/mol. The Hall–Kier alpha value is -2.90. The molecule has 3 N–H and O–H groups in total. The van der Waals surface area contributed by atoms with Crippen molar-refractivity contribution in [2.24, 2.45) is 0 Å². The van der Waals surface area contributed by atoms with E-state index in [4.69, 9.17) is 0 Å². The molecule has 2 heterocycles. The molecule has 1 aliphatic rings. The van der Waals surface area contributed by atoms with Gasteiger partial charge in [-0.15, -0.1) is 0 Å². The number of urea groups is 1. The maximum atomic E-state index is 11.9. The highest BCUT2D eigenvalue weighted by Crippen LogP contribution is 2.10. The van der Waals surface area contributed by atoms with E-state index in [-0.39, 0.29) is 24.5 Å². The van der Waals surface area contributed by atoms with E-state index in [1.807, 2.05) is 30.3 Å². The molecule has 1 atom stereocenters. The third-order valence-corrected chi connectivity index (χ3v) is 4.13. The van der Waals surface area contributed by atoms with Gasteiger partial charge in [0.15, 0.2) is 0 Å². The number of aromatic nitrogens is 3. The monoisotopic (exact) mass is 342 g/mol. The number of amides is 3. The molecule has 25 heavy (non-hydrogen) atoms. The molecular formula is C17H22N6O2. The number of hydrogen-bond acceptors (Lipinski definition) is 4.